The number of carbonyl (C=O) groups is 2. The Morgan fingerprint density at radius 3 is 2.57 bits per heavy atom. The van der Waals surface area contributed by atoms with Crippen LogP contribution in [0.15, 0.2) is 29.1 Å². The van der Waals surface area contributed by atoms with Crippen LogP contribution in [0.2, 0.25) is 0 Å². The lowest BCUT2D eigenvalue weighted by Crippen LogP contribution is -2.44. The number of hydrogen-bond donors (Lipinski definition) is 1. The highest BCUT2D eigenvalue weighted by atomic mass is 16.7. The lowest BCUT2D eigenvalue weighted by Gasteiger charge is -2.33. The monoisotopic (exact) mass is 603 g/mol. The molecule has 2 aromatic heterocycles. The van der Waals surface area contributed by atoms with Crippen molar-refractivity contribution in [2.75, 3.05) is 13.1 Å². The van der Waals surface area contributed by atoms with Gasteiger partial charge in [0.15, 0.2) is 5.60 Å². The van der Waals surface area contributed by atoms with Crippen LogP contribution >= 0.6 is 0 Å². The molecule has 1 aliphatic carbocycles. The molecule has 4 aliphatic rings. The fourth-order valence-corrected chi connectivity index (χ4v) is 7.01. The zero-order valence-corrected chi connectivity index (χ0v) is 25.1. The quantitative estimate of drug-likeness (QED) is 0.255. The second kappa shape index (κ2) is 11.3. The molecule has 11 nitrogen and oxygen atoms in total. The van der Waals surface area contributed by atoms with E-state index in [9.17, 15) is 19.5 Å². The Hall–Kier alpha value is -3.80. The van der Waals surface area contributed by atoms with Gasteiger partial charge in [0.2, 0.25) is 0 Å². The van der Waals surface area contributed by atoms with Gasteiger partial charge in [0, 0.05) is 29.6 Å². The third-order valence-electron chi connectivity index (χ3n) is 9.64. The van der Waals surface area contributed by atoms with Gasteiger partial charge in [-0.15, -0.1) is 0 Å². The van der Waals surface area contributed by atoms with E-state index in [0.29, 0.717) is 29.2 Å². The van der Waals surface area contributed by atoms with E-state index >= 15 is 0 Å². The second-order valence-corrected chi connectivity index (χ2v) is 12.3. The molecule has 1 saturated carbocycles. The maximum atomic E-state index is 13.5. The van der Waals surface area contributed by atoms with Gasteiger partial charge in [-0.1, -0.05) is 13.3 Å². The molecule has 11 heteroatoms. The molecule has 232 valence electrons. The normalized spacial score (nSPS) is 24.8. The number of hydrogen-bond acceptors (Lipinski definition) is 10. The molecule has 1 atom stereocenters. The van der Waals surface area contributed by atoms with E-state index in [-0.39, 0.29) is 41.9 Å². The minimum atomic E-state index is -1.88. The van der Waals surface area contributed by atoms with Crippen LogP contribution in [0, 0.1) is 6.92 Å². The highest BCUT2D eigenvalue weighted by Crippen LogP contribution is 2.40. The summed E-state index contributed by atoms with van der Waals surface area (Å²) < 4.78 is 18.0. The molecule has 3 aromatic rings. The smallest absolute Gasteiger partial charge is 0.458 e. The van der Waals surface area contributed by atoms with Crippen LogP contribution in [0.4, 0.5) is 4.79 Å². The summed E-state index contributed by atoms with van der Waals surface area (Å²) in [6.07, 6.45) is 6.09. The Kier molecular flexibility index (Phi) is 7.42. The first kappa shape index (κ1) is 28.9. The van der Waals surface area contributed by atoms with Gasteiger partial charge in [-0.2, -0.15) is 5.06 Å². The summed E-state index contributed by atoms with van der Waals surface area (Å²) in [5.74, 6) is -0.403. The number of rotatable bonds is 5. The van der Waals surface area contributed by atoms with E-state index in [0.717, 1.165) is 55.3 Å². The number of benzene rings is 1. The first-order valence-electron chi connectivity index (χ1n) is 15.7. The summed E-state index contributed by atoms with van der Waals surface area (Å²) in [6.45, 7) is 5.71. The number of fused-ring (bicyclic) bond motifs is 5. The van der Waals surface area contributed by atoms with Crippen molar-refractivity contribution in [3.8, 4) is 17.1 Å². The minimum absolute atomic E-state index is 0.0817. The zero-order valence-electron chi connectivity index (χ0n) is 25.1. The summed E-state index contributed by atoms with van der Waals surface area (Å²) in [7, 11) is 0. The number of pyridine rings is 2. The first-order valence-corrected chi connectivity index (χ1v) is 15.7. The molecule has 1 N–H and O–H groups in total. The summed E-state index contributed by atoms with van der Waals surface area (Å²) in [5.41, 5.74) is 1.97. The maximum absolute atomic E-state index is 13.5. The number of esters is 1. The molecule has 7 rings (SSSR count). The Labute approximate surface area is 254 Å². The van der Waals surface area contributed by atoms with Crippen LogP contribution in [-0.4, -0.2) is 57.1 Å². The minimum Gasteiger partial charge on any atom is -0.458 e. The van der Waals surface area contributed by atoms with E-state index in [2.05, 4.69) is 5.06 Å². The van der Waals surface area contributed by atoms with Crippen molar-refractivity contribution in [3.05, 3.63) is 56.9 Å². The van der Waals surface area contributed by atoms with Gasteiger partial charge in [-0.05, 0) is 81.7 Å². The molecular formula is C33H37N3O8. The molecule has 5 heterocycles. The number of nitrogens with zero attached hydrogens (tertiary/aromatic N) is 3. The van der Waals surface area contributed by atoms with E-state index in [1.807, 2.05) is 6.92 Å². The van der Waals surface area contributed by atoms with Crippen LogP contribution in [0.5, 0.6) is 5.75 Å². The Balaban J connectivity index is 1.07. The number of ether oxygens (including phenoxy) is 3. The molecule has 1 aromatic carbocycles. The molecule has 2 fully saturated rings. The van der Waals surface area contributed by atoms with Crippen molar-refractivity contribution < 1.29 is 33.7 Å². The number of aryl methyl sites for hydroxylation is 1. The van der Waals surface area contributed by atoms with Crippen LogP contribution < -0.4 is 10.3 Å². The summed E-state index contributed by atoms with van der Waals surface area (Å²) in [6, 6.07) is 6.91. The van der Waals surface area contributed by atoms with Crippen LogP contribution in [0.3, 0.4) is 0 Å². The lowest BCUT2D eigenvalue weighted by molar-refractivity contribution is -0.215. The largest absolute Gasteiger partial charge is 0.514 e. The number of cyclic esters (lactones) is 1. The molecule has 44 heavy (non-hydrogen) atoms. The number of aromatic nitrogens is 2. The lowest BCUT2D eigenvalue weighted by atomic mass is 9.86. The van der Waals surface area contributed by atoms with Crippen LogP contribution in [-0.2, 0) is 37.9 Å². The highest BCUT2D eigenvalue weighted by molar-refractivity contribution is 5.90. The van der Waals surface area contributed by atoms with Crippen molar-refractivity contribution in [1.82, 2.24) is 14.6 Å². The summed E-state index contributed by atoms with van der Waals surface area (Å²) in [5, 5.41) is 14.0. The SMILES string of the molecule is CCC1(O)C(=O)OCc2c1cc1n(c2=O)Cc2c-1nc1ccc(OC(=O)OC3CCC(ON4CCCCC4)CC3)cc1c2C. The molecule has 0 bridgehead atoms. The topological polar surface area (TPSA) is 129 Å². The fraction of sp³-hybridized carbons (Fsp3) is 0.515. The Bertz CT molecular complexity index is 1700. The molecule has 0 amide bonds. The molecule has 0 spiro atoms. The third kappa shape index (κ3) is 4.96. The van der Waals surface area contributed by atoms with Crippen LogP contribution in [0.25, 0.3) is 22.3 Å². The van der Waals surface area contributed by atoms with Crippen LogP contribution in [0.1, 0.15) is 80.5 Å². The van der Waals surface area contributed by atoms with Crippen molar-refractivity contribution in [2.45, 2.75) is 96.2 Å². The average Bonchev–Trinajstić information content (AvgIpc) is 3.40. The molecular weight excluding hydrogens is 566 g/mol. The zero-order chi connectivity index (χ0) is 30.6. The van der Waals surface area contributed by atoms with E-state index in [1.54, 1.807) is 35.8 Å². The average molecular weight is 604 g/mol. The van der Waals surface area contributed by atoms with Gasteiger partial charge in [0.05, 0.1) is 35.1 Å². The third-order valence-corrected chi connectivity index (χ3v) is 9.64. The van der Waals surface area contributed by atoms with Crippen molar-refractivity contribution >= 4 is 23.0 Å². The number of carbonyl (C=O) groups excluding carboxylic acids is 2. The van der Waals surface area contributed by atoms with E-state index < -0.39 is 17.7 Å². The number of aliphatic hydroxyl groups is 1. The number of hydroxylamine groups is 2. The van der Waals surface area contributed by atoms with Crippen molar-refractivity contribution in [3.63, 3.8) is 0 Å². The van der Waals surface area contributed by atoms with Gasteiger partial charge < -0.3 is 23.9 Å². The second-order valence-electron chi connectivity index (χ2n) is 12.3. The molecule has 3 aliphatic heterocycles. The van der Waals surface area contributed by atoms with Crippen molar-refractivity contribution in [1.29, 1.82) is 0 Å². The highest BCUT2D eigenvalue weighted by Gasteiger charge is 2.45. The van der Waals surface area contributed by atoms with Gasteiger partial charge >= 0.3 is 12.1 Å². The van der Waals surface area contributed by atoms with Gasteiger partial charge in [-0.3, -0.25) is 9.63 Å². The van der Waals surface area contributed by atoms with Crippen molar-refractivity contribution in [2.24, 2.45) is 0 Å². The van der Waals surface area contributed by atoms with E-state index in [1.165, 1.54) is 19.3 Å². The predicted octanol–water partition coefficient (Wildman–Crippen LogP) is 4.63. The maximum Gasteiger partial charge on any atom is 0.514 e. The summed E-state index contributed by atoms with van der Waals surface area (Å²) in [4.78, 5) is 49.6. The van der Waals surface area contributed by atoms with Gasteiger partial charge in [0.25, 0.3) is 5.56 Å². The molecule has 0 radical (unpaired) electrons. The Morgan fingerprint density at radius 1 is 1.07 bits per heavy atom. The fourth-order valence-electron chi connectivity index (χ4n) is 7.01. The Morgan fingerprint density at radius 2 is 1.82 bits per heavy atom. The van der Waals surface area contributed by atoms with Gasteiger partial charge in [0.1, 0.15) is 18.5 Å². The number of piperidine rings is 1. The summed E-state index contributed by atoms with van der Waals surface area (Å²) >= 11 is 0. The predicted molar refractivity (Wildman–Crippen MR) is 159 cm³/mol. The van der Waals surface area contributed by atoms with Gasteiger partial charge in [-0.25, -0.2) is 14.6 Å². The first-order chi connectivity index (χ1) is 21.2. The molecule has 1 unspecified atom stereocenters. The molecule has 1 saturated heterocycles. The van der Waals surface area contributed by atoms with E-state index in [4.69, 9.17) is 24.0 Å². The standard InChI is InChI=1S/C33H37N3O8/c1-3-33(40)26-16-28-29-24(17-36(28)30(37)25(26)18-41-31(33)38)19(2)23-15-22(11-12-27(23)34-29)43-32(39)42-20-7-9-21(10-8-20)44-35-13-5-4-6-14-35/h11-12,15-16,20-21,40H,3-10,13-14,17-18H2,1-2H3.